The van der Waals surface area contributed by atoms with Gasteiger partial charge in [-0.1, -0.05) is 36.4 Å². The van der Waals surface area contributed by atoms with E-state index in [9.17, 15) is 14.4 Å². The number of rotatable bonds is 8. The summed E-state index contributed by atoms with van der Waals surface area (Å²) in [6.45, 7) is 3.47. The number of nitrogens with zero attached hydrogens (tertiary/aromatic N) is 1. The Bertz CT molecular complexity index is 866. The third-order valence-corrected chi connectivity index (χ3v) is 3.28. The quantitative estimate of drug-likeness (QED) is 0.279. The second-order valence-corrected chi connectivity index (χ2v) is 5.47. The van der Waals surface area contributed by atoms with Crippen molar-refractivity contribution in [2.24, 2.45) is 5.10 Å². The van der Waals surface area contributed by atoms with Gasteiger partial charge in [0, 0.05) is 12.2 Å². The monoisotopic (exact) mass is 380 g/mol. The van der Waals surface area contributed by atoms with Crippen LogP contribution in [0, 0.1) is 0 Å². The standard InChI is InChI=1S/C20H20N4O4/c1-2-11-21-19(26)20(27)24-22-13-15-7-6-10-17(12-15)28-14-18(25)23-16-8-4-3-5-9-16/h2-10,12-13H,1,11,14H2,(H,21,26)(H,23,25)(H,24,27)/b22-13-. The molecule has 2 rings (SSSR count). The summed E-state index contributed by atoms with van der Waals surface area (Å²) in [4.78, 5) is 34.8. The number of hydrazone groups is 1. The molecule has 0 atom stereocenters. The van der Waals surface area contributed by atoms with E-state index in [0.29, 0.717) is 17.0 Å². The predicted molar refractivity (Wildman–Crippen MR) is 106 cm³/mol. The fraction of sp³-hybridized carbons (Fsp3) is 0.100. The highest BCUT2D eigenvalue weighted by atomic mass is 16.5. The average Bonchev–Trinajstić information content (AvgIpc) is 2.71. The zero-order valence-electron chi connectivity index (χ0n) is 15.1. The van der Waals surface area contributed by atoms with E-state index in [4.69, 9.17) is 4.74 Å². The Balaban J connectivity index is 1.82. The number of anilines is 1. The molecule has 0 aromatic heterocycles. The van der Waals surface area contributed by atoms with Crippen molar-refractivity contribution in [3.05, 3.63) is 72.8 Å². The minimum Gasteiger partial charge on any atom is -0.484 e. The van der Waals surface area contributed by atoms with Crippen LogP contribution in [0.3, 0.4) is 0 Å². The average molecular weight is 380 g/mol. The summed E-state index contributed by atoms with van der Waals surface area (Å²) in [5, 5.41) is 8.77. The maximum absolute atomic E-state index is 11.9. The molecule has 3 N–H and O–H groups in total. The number of hydrogen-bond acceptors (Lipinski definition) is 5. The lowest BCUT2D eigenvalue weighted by Gasteiger charge is -2.08. The fourth-order valence-electron chi connectivity index (χ4n) is 2.01. The highest BCUT2D eigenvalue weighted by Crippen LogP contribution is 2.12. The van der Waals surface area contributed by atoms with Gasteiger partial charge in [0.1, 0.15) is 5.75 Å². The Morgan fingerprint density at radius 1 is 1.04 bits per heavy atom. The van der Waals surface area contributed by atoms with E-state index in [2.05, 4.69) is 27.7 Å². The molecule has 0 fully saturated rings. The van der Waals surface area contributed by atoms with E-state index in [1.165, 1.54) is 12.3 Å². The van der Waals surface area contributed by atoms with Crippen LogP contribution in [-0.2, 0) is 14.4 Å². The van der Waals surface area contributed by atoms with E-state index < -0.39 is 11.8 Å². The smallest absolute Gasteiger partial charge is 0.329 e. The molecule has 8 nitrogen and oxygen atoms in total. The highest BCUT2D eigenvalue weighted by Gasteiger charge is 2.10. The molecule has 0 spiro atoms. The summed E-state index contributed by atoms with van der Waals surface area (Å²) in [6, 6.07) is 15.8. The minimum absolute atomic E-state index is 0.157. The molecule has 144 valence electrons. The van der Waals surface area contributed by atoms with Gasteiger partial charge in [0.15, 0.2) is 6.61 Å². The lowest BCUT2D eigenvalue weighted by molar-refractivity contribution is -0.139. The van der Waals surface area contributed by atoms with Crippen LogP contribution in [-0.4, -0.2) is 37.1 Å². The van der Waals surface area contributed by atoms with Crippen molar-refractivity contribution in [2.75, 3.05) is 18.5 Å². The number of para-hydroxylation sites is 1. The molecule has 0 heterocycles. The van der Waals surface area contributed by atoms with Crippen molar-refractivity contribution in [1.29, 1.82) is 0 Å². The van der Waals surface area contributed by atoms with Crippen molar-refractivity contribution in [1.82, 2.24) is 10.7 Å². The second kappa shape index (κ2) is 10.9. The fourth-order valence-corrected chi connectivity index (χ4v) is 2.01. The molecule has 0 aliphatic heterocycles. The Morgan fingerprint density at radius 2 is 1.82 bits per heavy atom. The van der Waals surface area contributed by atoms with Gasteiger partial charge in [-0.15, -0.1) is 6.58 Å². The van der Waals surface area contributed by atoms with Crippen LogP contribution in [0.5, 0.6) is 5.75 Å². The number of carbonyl (C=O) groups excluding carboxylic acids is 3. The van der Waals surface area contributed by atoms with Crippen molar-refractivity contribution in [2.45, 2.75) is 0 Å². The van der Waals surface area contributed by atoms with E-state index in [-0.39, 0.29) is 19.1 Å². The van der Waals surface area contributed by atoms with Crippen LogP contribution in [0.4, 0.5) is 5.69 Å². The Morgan fingerprint density at radius 3 is 2.57 bits per heavy atom. The van der Waals surface area contributed by atoms with E-state index in [0.717, 1.165) is 0 Å². The third-order valence-electron chi connectivity index (χ3n) is 3.28. The van der Waals surface area contributed by atoms with Gasteiger partial charge in [-0.3, -0.25) is 14.4 Å². The van der Waals surface area contributed by atoms with Gasteiger partial charge in [0.2, 0.25) is 0 Å². The first-order chi connectivity index (χ1) is 13.6. The molecule has 28 heavy (non-hydrogen) atoms. The van der Waals surface area contributed by atoms with E-state index in [1.807, 2.05) is 18.2 Å². The van der Waals surface area contributed by atoms with Gasteiger partial charge in [-0.05, 0) is 29.8 Å². The molecule has 0 radical (unpaired) electrons. The van der Waals surface area contributed by atoms with E-state index in [1.54, 1.807) is 36.4 Å². The molecule has 0 aliphatic carbocycles. The van der Waals surface area contributed by atoms with Crippen molar-refractivity contribution in [3.63, 3.8) is 0 Å². The van der Waals surface area contributed by atoms with Crippen LogP contribution in [0.15, 0.2) is 72.4 Å². The maximum atomic E-state index is 11.9. The van der Waals surface area contributed by atoms with Crippen LogP contribution in [0.2, 0.25) is 0 Å². The predicted octanol–water partition coefficient (Wildman–Crippen LogP) is 1.46. The summed E-state index contributed by atoms with van der Waals surface area (Å²) in [5.41, 5.74) is 3.42. The number of carbonyl (C=O) groups is 3. The molecular formula is C20H20N4O4. The number of nitrogens with one attached hydrogen (secondary N) is 3. The van der Waals surface area contributed by atoms with Crippen molar-refractivity contribution >= 4 is 29.6 Å². The third kappa shape index (κ3) is 7.12. The molecule has 8 heteroatoms. The highest BCUT2D eigenvalue weighted by molar-refractivity contribution is 6.35. The number of ether oxygens (including phenoxy) is 1. The summed E-state index contributed by atoms with van der Waals surface area (Å²) in [5.74, 6) is -1.52. The molecule has 3 amide bonds. The van der Waals surface area contributed by atoms with Gasteiger partial charge in [-0.2, -0.15) is 5.10 Å². The normalized spacial score (nSPS) is 10.1. The molecule has 0 unspecified atom stereocenters. The molecule has 0 saturated carbocycles. The van der Waals surface area contributed by atoms with Crippen LogP contribution in [0.1, 0.15) is 5.56 Å². The first kappa shape index (κ1) is 20.4. The number of amides is 3. The first-order valence-corrected chi connectivity index (χ1v) is 8.38. The van der Waals surface area contributed by atoms with Gasteiger partial charge in [-0.25, -0.2) is 5.43 Å². The summed E-state index contributed by atoms with van der Waals surface area (Å²) in [7, 11) is 0. The zero-order chi connectivity index (χ0) is 20.2. The summed E-state index contributed by atoms with van der Waals surface area (Å²) in [6.07, 6.45) is 2.82. The second-order valence-electron chi connectivity index (χ2n) is 5.47. The molecule has 0 bridgehead atoms. The van der Waals surface area contributed by atoms with Gasteiger partial charge in [0.25, 0.3) is 5.91 Å². The van der Waals surface area contributed by atoms with Crippen LogP contribution >= 0.6 is 0 Å². The minimum atomic E-state index is -0.886. The number of hydrogen-bond donors (Lipinski definition) is 3. The Labute approximate surface area is 162 Å². The van der Waals surface area contributed by atoms with Crippen molar-refractivity contribution < 1.29 is 19.1 Å². The summed E-state index contributed by atoms with van der Waals surface area (Å²) >= 11 is 0. The Hall–Kier alpha value is -3.94. The maximum Gasteiger partial charge on any atom is 0.329 e. The van der Waals surface area contributed by atoms with Crippen LogP contribution < -0.4 is 20.8 Å². The lowest BCUT2D eigenvalue weighted by atomic mass is 10.2. The van der Waals surface area contributed by atoms with Crippen molar-refractivity contribution in [3.8, 4) is 5.75 Å². The van der Waals surface area contributed by atoms with Crippen LogP contribution in [0.25, 0.3) is 0 Å². The van der Waals surface area contributed by atoms with Gasteiger partial charge < -0.3 is 15.4 Å². The molecule has 0 saturated heterocycles. The first-order valence-electron chi connectivity index (χ1n) is 8.38. The van der Waals surface area contributed by atoms with Gasteiger partial charge >= 0.3 is 11.8 Å². The van der Waals surface area contributed by atoms with E-state index >= 15 is 0 Å². The lowest BCUT2D eigenvalue weighted by Crippen LogP contribution is -2.37. The largest absolute Gasteiger partial charge is 0.484 e. The summed E-state index contributed by atoms with van der Waals surface area (Å²) < 4.78 is 5.46. The Kier molecular flexibility index (Phi) is 7.94. The zero-order valence-corrected chi connectivity index (χ0v) is 15.1. The molecule has 2 aromatic carbocycles. The molecular weight excluding hydrogens is 360 g/mol. The topological polar surface area (TPSA) is 109 Å². The number of benzene rings is 2. The molecule has 0 aliphatic rings. The molecule has 2 aromatic rings. The SMILES string of the molecule is C=CCNC(=O)C(=O)N/N=C\c1cccc(OCC(=O)Nc2ccccc2)c1. The van der Waals surface area contributed by atoms with Gasteiger partial charge in [0.05, 0.1) is 6.21 Å².